The Labute approximate surface area is 192 Å². The zero-order valence-electron chi connectivity index (χ0n) is 17.9. The number of rotatable bonds is 10. The molecule has 0 atom stereocenters. The Morgan fingerprint density at radius 3 is 2.34 bits per heavy atom. The highest BCUT2D eigenvalue weighted by molar-refractivity contribution is 14.0. The number of guanidine groups is 1. The van der Waals surface area contributed by atoms with Crippen molar-refractivity contribution < 1.29 is 13.2 Å². The molecular weight excluding hydrogens is 503 g/mol. The van der Waals surface area contributed by atoms with Gasteiger partial charge in [-0.15, -0.1) is 24.0 Å². The fourth-order valence-electron chi connectivity index (χ4n) is 3.27. The molecule has 0 unspecified atom stereocenters. The number of sulfonamides is 1. The fraction of sp³-hybridized carbons (Fsp3) is 0.650. The number of aliphatic imine (C=N–C) groups is 1. The molecule has 166 valence electrons. The second kappa shape index (κ2) is 12.1. The maximum absolute atomic E-state index is 12.2. The van der Waals surface area contributed by atoms with Gasteiger partial charge in [0.15, 0.2) is 5.96 Å². The summed E-state index contributed by atoms with van der Waals surface area (Å²) in [5.74, 6) is 0.788. The second-order valence-corrected chi connectivity index (χ2v) is 9.73. The number of benzene rings is 1. The van der Waals surface area contributed by atoms with Crippen molar-refractivity contribution in [2.45, 2.75) is 44.0 Å². The van der Waals surface area contributed by atoms with Crippen LogP contribution in [0.1, 0.15) is 38.2 Å². The van der Waals surface area contributed by atoms with Gasteiger partial charge in [-0.25, -0.2) is 17.7 Å². The Bertz CT molecular complexity index is 747. The average molecular weight is 538 g/mol. The van der Waals surface area contributed by atoms with E-state index in [9.17, 15) is 8.42 Å². The SMILES string of the molecule is CCNC(=NCc1ccc(S(=O)(=O)N(C)C)cc1)NCC1(CCOC)CCC1.I. The predicted octanol–water partition coefficient (Wildman–Crippen LogP) is 2.82. The second-order valence-electron chi connectivity index (χ2n) is 7.58. The lowest BCUT2D eigenvalue weighted by Crippen LogP contribution is -2.46. The van der Waals surface area contributed by atoms with E-state index in [4.69, 9.17) is 4.74 Å². The van der Waals surface area contributed by atoms with Crippen LogP contribution in [0.2, 0.25) is 0 Å². The molecule has 1 aromatic carbocycles. The van der Waals surface area contributed by atoms with Gasteiger partial charge in [0, 0.05) is 40.9 Å². The average Bonchev–Trinajstić information content (AvgIpc) is 2.65. The molecule has 9 heteroatoms. The van der Waals surface area contributed by atoms with E-state index in [1.165, 1.54) is 37.7 Å². The third-order valence-corrected chi connectivity index (χ3v) is 7.18. The summed E-state index contributed by atoms with van der Waals surface area (Å²) in [6.07, 6.45) is 4.80. The summed E-state index contributed by atoms with van der Waals surface area (Å²) >= 11 is 0. The number of ether oxygens (including phenoxy) is 1. The lowest BCUT2D eigenvalue weighted by molar-refractivity contribution is 0.0732. The molecule has 2 N–H and O–H groups in total. The van der Waals surface area contributed by atoms with Crippen molar-refractivity contribution in [3.05, 3.63) is 29.8 Å². The van der Waals surface area contributed by atoms with Crippen molar-refractivity contribution in [3.8, 4) is 0 Å². The van der Waals surface area contributed by atoms with Gasteiger partial charge in [0.1, 0.15) is 0 Å². The molecule has 0 aliphatic heterocycles. The summed E-state index contributed by atoms with van der Waals surface area (Å²) < 4.78 is 30.8. The van der Waals surface area contributed by atoms with Gasteiger partial charge in [-0.1, -0.05) is 18.6 Å². The van der Waals surface area contributed by atoms with E-state index in [1.807, 2.05) is 19.1 Å². The molecule has 1 fully saturated rings. The summed E-state index contributed by atoms with van der Waals surface area (Å²) in [6, 6.07) is 6.90. The Morgan fingerprint density at radius 1 is 1.21 bits per heavy atom. The van der Waals surface area contributed by atoms with Gasteiger partial charge in [0.25, 0.3) is 0 Å². The van der Waals surface area contributed by atoms with E-state index in [0.717, 1.165) is 37.6 Å². The summed E-state index contributed by atoms with van der Waals surface area (Å²) in [6.45, 7) is 5.00. The number of nitrogens with one attached hydrogen (secondary N) is 2. The van der Waals surface area contributed by atoms with Gasteiger partial charge in [-0.05, 0) is 49.3 Å². The summed E-state index contributed by atoms with van der Waals surface area (Å²) in [5, 5.41) is 6.76. The highest BCUT2D eigenvalue weighted by Crippen LogP contribution is 2.43. The van der Waals surface area contributed by atoms with Crippen molar-refractivity contribution in [2.75, 3.05) is 40.9 Å². The van der Waals surface area contributed by atoms with E-state index in [-0.39, 0.29) is 24.0 Å². The molecule has 0 amide bonds. The minimum absolute atomic E-state index is 0. The van der Waals surface area contributed by atoms with Gasteiger partial charge < -0.3 is 15.4 Å². The zero-order valence-corrected chi connectivity index (χ0v) is 21.0. The molecule has 29 heavy (non-hydrogen) atoms. The summed E-state index contributed by atoms with van der Waals surface area (Å²) in [4.78, 5) is 4.95. The molecule has 0 spiro atoms. The van der Waals surface area contributed by atoms with E-state index < -0.39 is 10.0 Å². The van der Waals surface area contributed by atoms with Crippen LogP contribution in [0.15, 0.2) is 34.2 Å². The van der Waals surface area contributed by atoms with Gasteiger partial charge in [0.2, 0.25) is 10.0 Å². The topological polar surface area (TPSA) is 83.0 Å². The molecular formula is C20H35IN4O3S. The van der Waals surface area contributed by atoms with E-state index in [2.05, 4.69) is 15.6 Å². The highest BCUT2D eigenvalue weighted by Gasteiger charge is 2.36. The third kappa shape index (κ3) is 7.37. The smallest absolute Gasteiger partial charge is 0.242 e. The summed E-state index contributed by atoms with van der Waals surface area (Å²) in [7, 11) is 1.41. The Kier molecular flexibility index (Phi) is 10.9. The quantitative estimate of drug-likeness (QED) is 0.272. The first-order valence-corrected chi connectivity index (χ1v) is 11.3. The predicted molar refractivity (Wildman–Crippen MR) is 128 cm³/mol. The number of hydrogen-bond donors (Lipinski definition) is 2. The van der Waals surface area contributed by atoms with Crippen molar-refractivity contribution in [1.82, 2.24) is 14.9 Å². The van der Waals surface area contributed by atoms with Gasteiger partial charge in [0.05, 0.1) is 11.4 Å². The molecule has 0 heterocycles. The van der Waals surface area contributed by atoms with Crippen LogP contribution in [0.3, 0.4) is 0 Å². The molecule has 1 aliphatic carbocycles. The van der Waals surface area contributed by atoms with Gasteiger partial charge >= 0.3 is 0 Å². The molecule has 0 saturated heterocycles. The minimum atomic E-state index is -3.40. The van der Waals surface area contributed by atoms with E-state index >= 15 is 0 Å². The van der Waals surface area contributed by atoms with Crippen LogP contribution in [-0.4, -0.2) is 59.6 Å². The molecule has 0 aromatic heterocycles. The molecule has 0 radical (unpaired) electrons. The van der Waals surface area contributed by atoms with E-state index in [1.54, 1.807) is 19.2 Å². The van der Waals surface area contributed by atoms with Crippen LogP contribution >= 0.6 is 24.0 Å². The van der Waals surface area contributed by atoms with Gasteiger partial charge in [-0.2, -0.15) is 0 Å². The maximum Gasteiger partial charge on any atom is 0.242 e. The monoisotopic (exact) mass is 538 g/mol. The van der Waals surface area contributed by atoms with Crippen molar-refractivity contribution in [2.24, 2.45) is 10.4 Å². The van der Waals surface area contributed by atoms with Crippen molar-refractivity contribution in [1.29, 1.82) is 0 Å². The molecule has 1 aliphatic rings. The molecule has 7 nitrogen and oxygen atoms in total. The van der Waals surface area contributed by atoms with Crippen LogP contribution in [0.25, 0.3) is 0 Å². The van der Waals surface area contributed by atoms with Crippen molar-refractivity contribution in [3.63, 3.8) is 0 Å². The fourth-order valence-corrected chi connectivity index (χ4v) is 4.17. The maximum atomic E-state index is 12.2. The summed E-state index contributed by atoms with van der Waals surface area (Å²) in [5.41, 5.74) is 1.28. The Balaban J connectivity index is 0.00000420. The standard InChI is InChI=1S/C20H34N4O3S.HI/c1-5-21-19(23-16-20(11-6-12-20)13-14-27-4)22-15-17-7-9-18(10-8-17)28(25,26)24(2)3;/h7-10H,5-6,11-16H2,1-4H3,(H2,21,22,23);1H. The lowest BCUT2D eigenvalue weighted by Gasteiger charge is -2.42. The number of halogens is 1. The number of methoxy groups -OCH3 is 1. The number of hydrogen-bond acceptors (Lipinski definition) is 4. The third-order valence-electron chi connectivity index (χ3n) is 5.35. The largest absolute Gasteiger partial charge is 0.385 e. The van der Waals surface area contributed by atoms with Crippen LogP contribution in [0, 0.1) is 5.41 Å². The lowest BCUT2D eigenvalue weighted by atomic mass is 9.67. The molecule has 0 bridgehead atoms. The van der Waals surface area contributed by atoms with Crippen LogP contribution < -0.4 is 10.6 Å². The van der Waals surface area contributed by atoms with Gasteiger partial charge in [-0.3, -0.25) is 0 Å². The Hall–Kier alpha value is -0.910. The minimum Gasteiger partial charge on any atom is -0.385 e. The zero-order chi connectivity index (χ0) is 20.6. The molecule has 1 saturated carbocycles. The molecule has 2 rings (SSSR count). The van der Waals surface area contributed by atoms with E-state index in [0.29, 0.717) is 16.9 Å². The van der Waals surface area contributed by atoms with Crippen LogP contribution in [0.4, 0.5) is 0 Å². The molecule has 1 aromatic rings. The van der Waals surface area contributed by atoms with Crippen LogP contribution in [-0.2, 0) is 21.3 Å². The normalized spacial score (nSPS) is 16.1. The first-order chi connectivity index (χ1) is 13.3. The van der Waals surface area contributed by atoms with Crippen molar-refractivity contribution >= 4 is 40.0 Å². The van der Waals surface area contributed by atoms with Crippen LogP contribution in [0.5, 0.6) is 0 Å². The Morgan fingerprint density at radius 2 is 1.86 bits per heavy atom. The first-order valence-electron chi connectivity index (χ1n) is 9.85. The highest BCUT2D eigenvalue weighted by atomic mass is 127. The number of nitrogens with zero attached hydrogens (tertiary/aromatic N) is 2. The first kappa shape index (κ1) is 26.1.